The van der Waals surface area contributed by atoms with E-state index in [0.717, 1.165) is 109 Å². The van der Waals surface area contributed by atoms with Gasteiger partial charge in [0.2, 0.25) is 5.91 Å². The molecule has 0 aromatic heterocycles. The lowest BCUT2D eigenvalue weighted by Crippen LogP contribution is -2.66. The minimum absolute atomic E-state index is 0.203. The van der Waals surface area contributed by atoms with Crippen LogP contribution in [0.1, 0.15) is 174 Å². The van der Waals surface area contributed by atoms with Crippen LogP contribution in [0.15, 0.2) is 134 Å². The Morgan fingerprint density at radius 2 is 0.778 bits per heavy atom. The summed E-state index contributed by atoms with van der Waals surface area (Å²) in [6, 6.07) is -1.01. The smallest absolute Gasteiger partial charge is 0.220 e. The van der Waals surface area contributed by atoms with Gasteiger partial charge in [-0.25, -0.2) is 0 Å². The molecule has 3 heterocycles. The molecular weight excluding hydrogens is 1150 g/mol. The van der Waals surface area contributed by atoms with Crippen molar-refractivity contribution in [1.82, 2.24) is 5.32 Å². The number of aliphatic hydroxyl groups excluding tert-OH is 11. The van der Waals surface area contributed by atoms with Gasteiger partial charge in [0, 0.05) is 6.42 Å². The van der Waals surface area contributed by atoms with E-state index >= 15 is 0 Å². The van der Waals surface area contributed by atoms with Gasteiger partial charge in [-0.05, 0) is 103 Å². The van der Waals surface area contributed by atoms with Crippen molar-refractivity contribution in [2.24, 2.45) is 0 Å². The number of rotatable bonds is 48. The van der Waals surface area contributed by atoms with Crippen LogP contribution in [0, 0.1) is 0 Å². The molecule has 17 unspecified atom stereocenters. The summed E-state index contributed by atoms with van der Waals surface area (Å²) < 4.78 is 34.2. The average molecular weight is 1270 g/mol. The first kappa shape index (κ1) is 80.2. The fourth-order valence-corrected chi connectivity index (χ4v) is 10.3. The molecule has 12 N–H and O–H groups in total. The van der Waals surface area contributed by atoms with E-state index in [1.54, 1.807) is 6.08 Å². The van der Waals surface area contributed by atoms with E-state index in [1.165, 1.54) is 32.1 Å². The van der Waals surface area contributed by atoms with Gasteiger partial charge in [-0.1, -0.05) is 199 Å². The van der Waals surface area contributed by atoms with E-state index in [9.17, 15) is 61.0 Å². The van der Waals surface area contributed by atoms with Gasteiger partial charge in [0.05, 0.1) is 38.6 Å². The van der Waals surface area contributed by atoms with Crippen molar-refractivity contribution in [2.45, 2.75) is 279 Å². The Balaban J connectivity index is 1.41. The summed E-state index contributed by atoms with van der Waals surface area (Å²) in [5.41, 5.74) is 0. The molecule has 0 aromatic rings. The Morgan fingerprint density at radius 1 is 0.411 bits per heavy atom. The number of hydrogen-bond donors (Lipinski definition) is 12. The quantitative estimate of drug-likeness (QED) is 0.0202. The standard InChI is InChI=1S/C71H115NO18/c1-3-5-7-9-11-13-15-17-18-19-20-21-22-23-24-25-26-27-28-29-30-31-32-33-34-35-36-37-39-41-43-45-47-49-59(77)72-54(55(76)48-46-44-42-40-38-16-14-12-10-8-6-4-2)53-85-69-65(83)62(80)67(57(51-74)87-69)90-71-66(84)63(81)68(58(52-75)88-71)89-70-64(82)61(79)60(78)56(50-73)86-70/h5,7,11,13,17-18,20-21,23-24,26-27,29-30,32-33,35-36,38,40,46,48,54-58,60-71,73-76,78-84H,3-4,6,8-10,12,14-16,19,22,25,28,31,34,37,39,41-45,47,49-53H2,1-2H3,(H,72,77)/b7-5-,13-11-,18-17-,21-20-,24-23-,27-26-,30-29-,33-32-,36-35-,40-38+,48-46+. The molecule has 3 aliphatic rings. The maximum absolute atomic E-state index is 13.4. The van der Waals surface area contributed by atoms with Crippen LogP contribution >= 0.6 is 0 Å². The SMILES string of the molecule is CC/C=C\C/C=C\C/C=C\C/C=C\C/C=C\C/C=C\C/C=C\C/C=C\C/C=C\CCCCCCCC(=O)NC(COC1OC(CO)C(OC2OC(CO)C(OC3OC(CO)C(O)C(O)C3O)C(O)C2O)C(O)C1O)C(O)/C=C/CC/C=C/CCCCCCCC. The monoisotopic (exact) mass is 1270 g/mol. The number of aliphatic hydroxyl groups is 11. The van der Waals surface area contributed by atoms with E-state index in [0.29, 0.717) is 12.8 Å². The zero-order chi connectivity index (χ0) is 65.4. The van der Waals surface area contributed by atoms with Crippen LogP contribution in [0.3, 0.4) is 0 Å². The second kappa shape index (κ2) is 51.4. The minimum atomic E-state index is -1.99. The molecule has 3 rings (SSSR count). The van der Waals surface area contributed by atoms with E-state index in [4.69, 9.17) is 28.4 Å². The number of amides is 1. The summed E-state index contributed by atoms with van der Waals surface area (Å²) in [5, 5.41) is 120. The molecule has 0 aliphatic carbocycles. The van der Waals surface area contributed by atoms with Crippen molar-refractivity contribution in [1.29, 1.82) is 0 Å². The molecule has 3 fully saturated rings. The molecule has 19 nitrogen and oxygen atoms in total. The lowest BCUT2D eigenvalue weighted by atomic mass is 9.96. The third kappa shape index (κ3) is 33.2. The maximum Gasteiger partial charge on any atom is 0.220 e. The first-order valence-electron chi connectivity index (χ1n) is 33.4. The molecule has 0 bridgehead atoms. The normalized spacial score (nSPS) is 28.9. The number of nitrogens with one attached hydrogen (secondary N) is 1. The van der Waals surface area contributed by atoms with Gasteiger partial charge in [0.25, 0.3) is 0 Å². The van der Waals surface area contributed by atoms with E-state index in [1.807, 2.05) is 6.08 Å². The van der Waals surface area contributed by atoms with Gasteiger partial charge < -0.3 is 89.9 Å². The van der Waals surface area contributed by atoms with Crippen LogP contribution in [0.5, 0.6) is 0 Å². The summed E-state index contributed by atoms with van der Waals surface area (Å²) in [6.07, 6.45) is 44.4. The molecule has 0 aromatic carbocycles. The number of ether oxygens (including phenoxy) is 6. The number of carbonyl (C=O) groups is 1. The Labute approximate surface area is 537 Å². The number of unbranched alkanes of at least 4 members (excludes halogenated alkanes) is 12. The fourth-order valence-electron chi connectivity index (χ4n) is 10.3. The van der Waals surface area contributed by atoms with Crippen molar-refractivity contribution < 1.29 is 89.4 Å². The summed E-state index contributed by atoms with van der Waals surface area (Å²) in [4.78, 5) is 13.4. The molecule has 19 heteroatoms. The average Bonchev–Trinajstić information content (AvgIpc) is 0.864. The molecule has 0 spiro atoms. The molecule has 1 amide bonds. The summed E-state index contributed by atoms with van der Waals surface area (Å²) in [7, 11) is 0. The second-order valence-electron chi connectivity index (χ2n) is 23.2. The second-order valence-corrected chi connectivity index (χ2v) is 23.2. The third-order valence-electron chi connectivity index (χ3n) is 15.7. The first-order chi connectivity index (χ1) is 43.8. The fraction of sp³-hybridized carbons (Fsp3) is 0.676. The molecule has 90 heavy (non-hydrogen) atoms. The summed E-state index contributed by atoms with van der Waals surface area (Å²) in [6.45, 7) is 1.52. The number of hydrogen-bond acceptors (Lipinski definition) is 18. The van der Waals surface area contributed by atoms with E-state index < -0.39 is 124 Å². The predicted octanol–water partition coefficient (Wildman–Crippen LogP) is 8.21. The van der Waals surface area contributed by atoms with Gasteiger partial charge in [0.1, 0.15) is 73.2 Å². The van der Waals surface area contributed by atoms with E-state index in [-0.39, 0.29) is 18.9 Å². The van der Waals surface area contributed by atoms with Crippen LogP contribution in [0.25, 0.3) is 0 Å². The molecule has 512 valence electrons. The van der Waals surface area contributed by atoms with Crippen LogP contribution in [-0.4, -0.2) is 193 Å². The van der Waals surface area contributed by atoms with Gasteiger partial charge in [-0.3, -0.25) is 4.79 Å². The van der Waals surface area contributed by atoms with Crippen LogP contribution in [0.2, 0.25) is 0 Å². The molecule has 3 aliphatic heterocycles. The van der Waals surface area contributed by atoms with Crippen LogP contribution in [0.4, 0.5) is 0 Å². The van der Waals surface area contributed by atoms with Crippen molar-refractivity contribution in [3.63, 3.8) is 0 Å². The highest BCUT2D eigenvalue weighted by atomic mass is 16.8. The summed E-state index contributed by atoms with van der Waals surface area (Å²) in [5.74, 6) is -0.313. The van der Waals surface area contributed by atoms with Gasteiger partial charge in [0.15, 0.2) is 18.9 Å². The lowest BCUT2D eigenvalue weighted by molar-refractivity contribution is -0.379. The van der Waals surface area contributed by atoms with Gasteiger partial charge >= 0.3 is 0 Å². The zero-order valence-corrected chi connectivity index (χ0v) is 53.8. The Kier molecular flexibility index (Phi) is 45.7. The zero-order valence-electron chi connectivity index (χ0n) is 53.8. The highest BCUT2D eigenvalue weighted by Gasteiger charge is 2.53. The maximum atomic E-state index is 13.4. The Morgan fingerprint density at radius 3 is 1.24 bits per heavy atom. The van der Waals surface area contributed by atoms with Crippen LogP contribution < -0.4 is 5.32 Å². The molecule has 0 radical (unpaired) electrons. The van der Waals surface area contributed by atoms with Crippen LogP contribution in [-0.2, 0) is 33.2 Å². The molecular formula is C71H115NO18. The first-order valence-corrected chi connectivity index (χ1v) is 33.4. The number of allylic oxidation sites excluding steroid dienone is 21. The minimum Gasteiger partial charge on any atom is -0.394 e. The molecule has 3 saturated heterocycles. The Hall–Kier alpha value is -4.07. The summed E-state index contributed by atoms with van der Waals surface area (Å²) >= 11 is 0. The largest absolute Gasteiger partial charge is 0.394 e. The van der Waals surface area contributed by atoms with Crippen molar-refractivity contribution >= 4 is 5.91 Å². The topological polar surface area (TPSA) is 307 Å². The third-order valence-corrected chi connectivity index (χ3v) is 15.7. The lowest BCUT2D eigenvalue weighted by Gasteiger charge is -2.48. The van der Waals surface area contributed by atoms with Gasteiger partial charge in [-0.15, -0.1) is 0 Å². The highest BCUT2D eigenvalue weighted by Crippen LogP contribution is 2.33. The van der Waals surface area contributed by atoms with Crippen molar-refractivity contribution in [3.8, 4) is 0 Å². The van der Waals surface area contributed by atoms with Gasteiger partial charge in [-0.2, -0.15) is 0 Å². The predicted molar refractivity (Wildman–Crippen MR) is 350 cm³/mol. The van der Waals surface area contributed by atoms with E-state index in [2.05, 4.69) is 141 Å². The Bertz CT molecular complexity index is 2150. The highest BCUT2D eigenvalue weighted by molar-refractivity contribution is 5.76. The van der Waals surface area contributed by atoms with Crippen molar-refractivity contribution in [3.05, 3.63) is 134 Å². The number of carbonyl (C=O) groups excluding carboxylic acids is 1. The van der Waals surface area contributed by atoms with Crippen molar-refractivity contribution in [2.75, 3.05) is 26.4 Å². The molecule has 17 atom stereocenters. The molecule has 0 saturated carbocycles.